The number of hydrogen-bond acceptors (Lipinski definition) is 2. The lowest BCUT2D eigenvalue weighted by molar-refractivity contribution is 0.620. The number of benzene rings is 3. The van der Waals surface area contributed by atoms with Crippen LogP contribution in [0, 0.1) is 13.8 Å². The maximum absolute atomic E-state index is 13.3. The fourth-order valence-electron chi connectivity index (χ4n) is 3.18. The monoisotopic (exact) mass is 326 g/mol. The van der Waals surface area contributed by atoms with E-state index in [4.69, 9.17) is 4.42 Å². The molecular weight excluding hydrogens is 308 g/mol. The summed E-state index contributed by atoms with van der Waals surface area (Å²) in [6.45, 7) is 4.09. The molecule has 2 nitrogen and oxygen atoms in total. The van der Waals surface area contributed by atoms with Gasteiger partial charge in [-0.05, 0) is 43.2 Å². The molecule has 0 aliphatic rings. The highest BCUT2D eigenvalue weighted by molar-refractivity contribution is 5.89. The van der Waals surface area contributed by atoms with Crippen LogP contribution in [0.5, 0.6) is 0 Å². The number of fused-ring (bicyclic) bond motifs is 1. The van der Waals surface area contributed by atoms with Gasteiger partial charge in [0.1, 0.15) is 11.3 Å². The molecule has 2 heteroatoms. The average Bonchev–Trinajstić information content (AvgIpc) is 2.64. The Labute approximate surface area is 146 Å². The van der Waals surface area contributed by atoms with E-state index in [1.54, 1.807) is 0 Å². The van der Waals surface area contributed by atoms with Gasteiger partial charge in [-0.2, -0.15) is 0 Å². The fourth-order valence-corrected chi connectivity index (χ4v) is 3.18. The van der Waals surface area contributed by atoms with Crippen LogP contribution in [0.25, 0.3) is 33.4 Å². The Morgan fingerprint density at radius 2 is 1.52 bits per heavy atom. The van der Waals surface area contributed by atoms with Crippen LogP contribution in [0.1, 0.15) is 11.1 Å². The van der Waals surface area contributed by atoms with Crippen molar-refractivity contribution in [3.8, 4) is 22.5 Å². The third kappa shape index (κ3) is 2.66. The minimum absolute atomic E-state index is 0.00366. The molecule has 25 heavy (non-hydrogen) atoms. The summed E-state index contributed by atoms with van der Waals surface area (Å²) in [7, 11) is 0. The number of aryl methyl sites for hydroxylation is 2. The van der Waals surface area contributed by atoms with Gasteiger partial charge in [-0.15, -0.1) is 0 Å². The first-order valence-electron chi connectivity index (χ1n) is 8.34. The minimum Gasteiger partial charge on any atom is -0.455 e. The van der Waals surface area contributed by atoms with Crippen LogP contribution in [0.15, 0.2) is 82.0 Å². The second-order valence-electron chi connectivity index (χ2n) is 6.32. The molecule has 0 unspecified atom stereocenters. The molecule has 0 N–H and O–H groups in total. The number of hydrogen-bond donors (Lipinski definition) is 0. The highest BCUT2D eigenvalue weighted by Crippen LogP contribution is 2.34. The predicted molar refractivity (Wildman–Crippen MR) is 103 cm³/mol. The maximum Gasteiger partial charge on any atom is 0.201 e. The predicted octanol–water partition coefficient (Wildman–Crippen LogP) is 5.74. The molecule has 0 amide bonds. The van der Waals surface area contributed by atoms with Gasteiger partial charge in [0.05, 0.1) is 10.9 Å². The zero-order chi connectivity index (χ0) is 17.4. The van der Waals surface area contributed by atoms with Crippen LogP contribution in [-0.2, 0) is 0 Å². The average molecular weight is 326 g/mol. The summed E-state index contributed by atoms with van der Waals surface area (Å²) >= 11 is 0. The van der Waals surface area contributed by atoms with Gasteiger partial charge in [0.2, 0.25) is 5.43 Å². The molecule has 1 aromatic heterocycles. The van der Waals surface area contributed by atoms with Gasteiger partial charge in [-0.3, -0.25) is 4.79 Å². The van der Waals surface area contributed by atoms with Gasteiger partial charge >= 0.3 is 0 Å². The summed E-state index contributed by atoms with van der Waals surface area (Å²) in [6, 6.07) is 23.4. The molecule has 3 aromatic carbocycles. The Bertz CT molecular complexity index is 1120. The molecule has 4 rings (SSSR count). The summed E-state index contributed by atoms with van der Waals surface area (Å²) in [5.41, 5.74) is 5.29. The van der Waals surface area contributed by atoms with Gasteiger partial charge in [0, 0.05) is 5.56 Å². The quantitative estimate of drug-likeness (QED) is 0.470. The summed E-state index contributed by atoms with van der Waals surface area (Å²) in [4.78, 5) is 13.3. The van der Waals surface area contributed by atoms with Crippen molar-refractivity contribution in [3.63, 3.8) is 0 Å². The Morgan fingerprint density at radius 1 is 0.800 bits per heavy atom. The van der Waals surface area contributed by atoms with Crippen LogP contribution < -0.4 is 5.43 Å². The van der Waals surface area contributed by atoms with E-state index in [-0.39, 0.29) is 5.43 Å². The second-order valence-corrected chi connectivity index (χ2v) is 6.32. The van der Waals surface area contributed by atoms with E-state index < -0.39 is 0 Å². The van der Waals surface area contributed by atoms with Crippen molar-refractivity contribution in [3.05, 3.63) is 94.1 Å². The van der Waals surface area contributed by atoms with Crippen molar-refractivity contribution in [2.45, 2.75) is 13.8 Å². The van der Waals surface area contributed by atoms with Crippen molar-refractivity contribution in [1.29, 1.82) is 0 Å². The lowest BCUT2D eigenvalue weighted by Crippen LogP contribution is -2.07. The molecule has 122 valence electrons. The van der Waals surface area contributed by atoms with Gasteiger partial charge in [0.15, 0.2) is 0 Å². The van der Waals surface area contributed by atoms with E-state index in [9.17, 15) is 4.79 Å². The zero-order valence-electron chi connectivity index (χ0n) is 14.2. The van der Waals surface area contributed by atoms with Gasteiger partial charge in [0.25, 0.3) is 0 Å². The van der Waals surface area contributed by atoms with E-state index >= 15 is 0 Å². The summed E-state index contributed by atoms with van der Waals surface area (Å²) in [6.07, 6.45) is 0. The van der Waals surface area contributed by atoms with Gasteiger partial charge < -0.3 is 4.42 Å². The Hall–Kier alpha value is -3.13. The van der Waals surface area contributed by atoms with E-state index in [0.29, 0.717) is 22.3 Å². The third-order valence-electron chi connectivity index (χ3n) is 4.50. The number of para-hydroxylation sites is 1. The first kappa shape index (κ1) is 15.4. The molecule has 0 saturated carbocycles. The van der Waals surface area contributed by atoms with Crippen LogP contribution in [0.2, 0.25) is 0 Å². The van der Waals surface area contributed by atoms with Gasteiger partial charge in [-0.1, -0.05) is 60.2 Å². The molecular formula is C23H18O2. The van der Waals surface area contributed by atoms with Crippen LogP contribution in [0.4, 0.5) is 0 Å². The largest absolute Gasteiger partial charge is 0.455 e. The van der Waals surface area contributed by atoms with E-state index in [0.717, 1.165) is 22.3 Å². The van der Waals surface area contributed by atoms with Gasteiger partial charge in [-0.25, -0.2) is 0 Å². The Kier molecular flexibility index (Phi) is 3.73. The summed E-state index contributed by atoms with van der Waals surface area (Å²) in [5, 5.41) is 0.607. The smallest absolute Gasteiger partial charge is 0.201 e. The third-order valence-corrected chi connectivity index (χ3v) is 4.50. The molecule has 0 aliphatic carbocycles. The second kappa shape index (κ2) is 6.06. The highest BCUT2D eigenvalue weighted by Gasteiger charge is 2.18. The van der Waals surface area contributed by atoms with E-state index in [1.165, 1.54) is 0 Å². The van der Waals surface area contributed by atoms with Crippen LogP contribution in [-0.4, -0.2) is 0 Å². The van der Waals surface area contributed by atoms with Crippen molar-refractivity contribution < 1.29 is 4.42 Å². The SMILES string of the molecule is Cc1ccc(C)c(-c2oc3ccccc3c(=O)c2-c2ccccc2)c1. The lowest BCUT2D eigenvalue weighted by atomic mass is 9.95. The Balaban J connectivity index is 2.16. The summed E-state index contributed by atoms with van der Waals surface area (Å²) in [5.74, 6) is 0.635. The molecule has 0 bridgehead atoms. The highest BCUT2D eigenvalue weighted by atomic mass is 16.3. The minimum atomic E-state index is 0.00366. The first-order chi connectivity index (χ1) is 12.1. The van der Waals surface area contributed by atoms with Crippen molar-refractivity contribution in [2.75, 3.05) is 0 Å². The molecule has 4 aromatic rings. The normalized spacial score (nSPS) is 11.0. The molecule has 0 spiro atoms. The van der Waals surface area contributed by atoms with Crippen LogP contribution in [0.3, 0.4) is 0 Å². The maximum atomic E-state index is 13.3. The Morgan fingerprint density at radius 3 is 2.32 bits per heavy atom. The van der Waals surface area contributed by atoms with Crippen molar-refractivity contribution >= 4 is 11.0 Å². The number of rotatable bonds is 2. The van der Waals surface area contributed by atoms with Crippen molar-refractivity contribution in [1.82, 2.24) is 0 Å². The molecule has 1 heterocycles. The standard InChI is InChI=1S/C23H18O2/c1-15-12-13-16(2)19(14-15)23-21(17-8-4-3-5-9-17)22(24)18-10-6-7-11-20(18)25-23/h3-14H,1-2H3. The molecule has 0 saturated heterocycles. The lowest BCUT2D eigenvalue weighted by Gasteiger charge is -2.13. The van der Waals surface area contributed by atoms with E-state index in [1.807, 2.05) is 68.4 Å². The van der Waals surface area contributed by atoms with E-state index in [2.05, 4.69) is 18.2 Å². The van der Waals surface area contributed by atoms with Crippen molar-refractivity contribution in [2.24, 2.45) is 0 Å². The fraction of sp³-hybridized carbons (Fsp3) is 0.0870. The molecule has 0 fully saturated rings. The molecule has 0 radical (unpaired) electrons. The van der Waals surface area contributed by atoms with Crippen LogP contribution >= 0.6 is 0 Å². The zero-order valence-corrected chi connectivity index (χ0v) is 14.2. The first-order valence-corrected chi connectivity index (χ1v) is 8.34. The topological polar surface area (TPSA) is 30.2 Å². The molecule has 0 aliphatic heterocycles. The molecule has 0 atom stereocenters. The summed E-state index contributed by atoms with van der Waals surface area (Å²) < 4.78 is 6.25.